The maximum atomic E-state index is 11.6. The zero-order chi connectivity index (χ0) is 23.5. The van der Waals surface area contributed by atoms with Gasteiger partial charge in [-0.25, -0.2) is 0 Å². The van der Waals surface area contributed by atoms with Crippen LogP contribution in [0.1, 0.15) is 79.6 Å². The highest BCUT2D eigenvalue weighted by Crippen LogP contribution is 2.67. The molecule has 3 saturated carbocycles. The van der Waals surface area contributed by atoms with Crippen molar-refractivity contribution < 1.29 is 20.4 Å². The van der Waals surface area contributed by atoms with Gasteiger partial charge in [-0.15, -0.1) is 0 Å². The second-order valence-corrected chi connectivity index (χ2v) is 12.4. The monoisotopic (exact) mass is 446 g/mol. The number of rotatable bonds is 5. The first-order valence-electron chi connectivity index (χ1n) is 13.1. The van der Waals surface area contributed by atoms with Crippen molar-refractivity contribution in [1.82, 2.24) is 0 Å². The number of hydrogen-bond donors (Lipinski definition) is 4. The molecule has 0 aromatic carbocycles. The van der Waals surface area contributed by atoms with Crippen LogP contribution in [-0.4, -0.2) is 44.8 Å². The quantitative estimate of drug-likeness (QED) is 0.470. The number of fused-ring (bicyclic) bond motifs is 5. The fourth-order valence-electron chi connectivity index (χ4n) is 8.29. The van der Waals surface area contributed by atoms with Gasteiger partial charge in [0.2, 0.25) is 0 Å². The number of hydrogen-bond acceptors (Lipinski definition) is 4. The Labute approximate surface area is 194 Å². The lowest BCUT2D eigenvalue weighted by Crippen LogP contribution is -2.65. The van der Waals surface area contributed by atoms with Crippen molar-refractivity contribution in [3.05, 3.63) is 23.8 Å². The molecule has 11 atom stereocenters. The van der Waals surface area contributed by atoms with Gasteiger partial charge >= 0.3 is 0 Å². The van der Waals surface area contributed by atoms with Crippen LogP contribution >= 0.6 is 0 Å². The van der Waals surface area contributed by atoms with E-state index in [1.165, 1.54) is 12.0 Å². The van der Waals surface area contributed by atoms with Crippen LogP contribution < -0.4 is 0 Å². The minimum atomic E-state index is -1.22. The highest BCUT2D eigenvalue weighted by atomic mass is 16.3. The molecule has 4 rings (SSSR count). The van der Waals surface area contributed by atoms with Gasteiger partial charge in [-0.1, -0.05) is 58.4 Å². The molecule has 0 aliphatic heterocycles. The molecule has 0 saturated heterocycles. The Morgan fingerprint density at radius 1 is 1.00 bits per heavy atom. The third-order valence-electron chi connectivity index (χ3n) is 10.9. The molecule has 0 radical (unpaired) electrons. The van der Waals surface area contributed by atoms with E-state index in [0.29, 0.717) is 36.0 Å². The standard InChI is InChI=1S/C28H46O4/c1-17(19(3)16-29)6-7-18(2)22-8-9-23-21-14-25(31)28(32)15-20(30)10-13-27(28,5)24(21)11-12-26(22,23)4/h6-7,14,17-20,22-25,29-32H,8-13,15-16H2,1-5H3/b7-6+/t17-,18+,19-,20-,22+,23-,24-,25+,26+,27+,28-/m0/s1. The predicted molar refractivity (Wildman–Crippen MR) is 128 cm³/mol. The van der Waals surface area contributed by atoms with E-state index in [4.69, 9.17) is 0 Å². The Morgan fingerprint density at radius 3 is 2.41 bits per heavy atom. The van der Waals surface area contributed by atoms with Crippen LogP contribution in [0.2, 0.25) is 0 Å². The molecule has 0 bridgehead atoms. The largest absolute Gasteiger partial charge is 0.396 e. The van der Waals surface area contributed by atoms with Gasteiger partial charge in [0.05, 0.1) is 6.10 Å². The van der Waals surface area contributed by atoms with Crippen LogP contribution in [0.5, 0.6) is 0 Å². The molecule has 0 heterocycles. The molecule has 4 nitrogen and oxygen atoms in total. The fourth-order valence-corrected chi connectivity index (χ4v) is 8.29. The summed E-state index contributed by atoms with van der Waals surface area (Å²) in [5.74, 6) is 2.53. The van der Waals surface area contributed by atoms with Crippen molar-refractivity contribution in [3.8, 4) is 0 Å². The second kappa shape index (κ2) is 8.52. The lowest BCUT2D eigenvalue weighted by Gasteiger charge is -2.62. The van der Waals surface area contributed by atoms with Crippen molar-refractivity contribution in [1.29, 1.82) is 0 Å². The summed E-state index contributed by atoms with van der Waals surface area (Å²) >= 11 is 0. The van der Waals surface area contributed by atoms with Crippen LogP contribution in [0.3, 0.4) is 0 Å². The normalized spacial score (nSPS) is 49.0. The summed E-state index contributed by atoms with van der Waals surface area (Å²) in [6.45, 7) is 11.5. The molecular weight excluding hydrogens is 400 g/mol. The third-order valence-corrected chi connectivity index (χ3v) is 10.9. The summed E-state index contributed by atoms with van der Waals surface area (Å²) in [4.78, 5) is 0. The summed E-state index contributed by atoms with van der Waals surface area (Å²) < 4.78 is 0. The van der Waals surface area contributed by atoms with E-state index in [0.717, 1.165) is 25.7 Å². The SMILES string of the molecule is C[C@H](/C=C/[C@H](C)[C@@H](C)CO)[C@H]1CC[C@H]2C3=C[C@@H](O)[C@@]4(O)C[C@@H](O)CC[C@]4(C)[C@H]3CC[C@]12C. The molecule has 4 N–H and O–H groups in total. The molecule has 4 heteroatoms. The van der Waals surface area contributed by atoms with Crippen molar-refractivity contribution in [2.45, 2.75) is 97.4 Å². The van der Waals surface area contributed by atoms with E-state index in [9.17, 15) is 20.4 Å². The van der Waals surface area contributed by atoms with Crippen LogP contribution in [0, 0.1) is 46.3 Å². The summed E-state index contributed by atoms with van der Waals surface area (Å²) in [7, 11) is 0. The molecule has 3 fully saturated rings. The number of aliphatic hydroxyl groups excluding tert-OH is 3. The average molecular weight is 447 g/mol. The molecule has 182 valence electrons. The smallest absolute Gasteiger partial charge is 0.102 e. The minimum absolute atomic E-state index is 0.220. The van der Waals surface area contributed by atoms with Gasteiger partial charge in [-0.05, 0) is 79.4 Å². The van der Waals surface area contributed by atoms with Crippen LogP contribution in [0.4, 0.5) is 0 Å². The van der Waals surface area contributed by atoms with Crippen LogP contribution in [0.25, 0.3) is 0 Å². The van der Waals surface area contributed by atoms with Gasteiger partial charge in [0.1, 0.15) is 11.7 Å². The first-order valence-corrected chi connectivity index (χ1v) is 13.1. The fraction of sp³-hybridized carbons (Fsp3) is 0.857. The van der Waals surface area contributed by atoms with Gasteiger partial charge in [0.15, 0.2) is 0 Å². The molecule has 4 aliphatic rings. The molecular formula is C28H46O4. The molecule has 0 aromatic rings. The highest BCUT2D eigenvalue weighted by Gasteiger charge is 2.64. The van der Waals surface area contributed by atoms with Crippen LogP contribution in [-0.2, 0) is 0 Å². The number of allylic oxidation sites excluding steroid dienone is 3. The van der Waals surface area contributed by atoms with E-state index >= 15 is 0 Å². The van der Waals surface area contributed by atoms with Crippen molar-refractivity contribution in [3.63, 3.8) is 0 Å². The molecule has 0 spiro atoms. The average Bonchev–Trinajstić information content (AvgIpc) is 3.11. The topological polar surface area (TPSA) is 80.9 Å². The summed E-state index contributed by atoms with van der Waals surface area (Å²) in [6.07, 6.45) is 11.6. The van der Waals surface area contributed by atoms with Gasteiger partial charge < -0.3 is 20.4 Å². The predicted octanol–water partition coefficient (Wildman–Crippen LogP) is 4.47. The summed E-state index contributed by atoms with van der Waals surface area (Å²) in [6, 6.07) is 0. The lowest BCUT2D eigenvalue weighted by molar-refractivity contribution is -0.210. The minimum Gasteiger partial charge on any atom is -0.396 e. The zero-order valence-corrected chi connectivity index (χ0v) is 20.8. The van der Waals surface area contributed by atoms with Crippen molar-refractivity contribution >= 4 is 0 Å². The molecule has 0 amide bonds. The van der Waals surface area contributed by atoms with E-state index in [-0.39, 0.29) is 29.8 Å². The number of aliphatic hydroxyl groups is 4. The Hall–Kier alpha value is -0.680. The van der Waals surface area contributed by atoms with Crippen LogP contribution in [0.15, 0.2) is 23.8 Å². The Kier molecular flexibility index (Phi) is 6.51. The van der Waals surface area contributed by atoms with Crippen molar-refractivity contribution in [2.75, 3.05) is 6.61 Å². The highest BCUT2D eigenvalue weighted by molar-refractivity contribution is 5.33. The maximum absolute atomic E-state index is 11.6. The molecule has 4 aliphatic carbocycles. The van der Waals surface area contributed by atoms with E-state index in [2.05, 4.69) is 46.8 Å². The van der Waals surface area contributed by atoms with Gasteiger partial charge in [-0.3, -0.25) is 0 Å². The maximum Gasteiger partial charge on any atom is 0.102 e. The van der Waals surface area contributed by atoms with Gasteiger partial charge in [-0.2, -0.15) is 0 Å². The first-order chi connectivity index (χ1) is 15.0. The zero-order valence-electron chi connectivity index (χ0n) is 20.8. The molecule has 0 aromatic heterocycles. The first kappa shape index (κ1) is 24.4. The van der Waals surface area contributed by atoms with E-state index in [1.54, 1.807) is 0 Å². The third kappa shape index (κ3) is 3.56. The summed E-state index contributed by atoms with van der Waals surface area (Å²) in [5.41, 5.74) is 0.0321. The Bertz CT molecular complexity index is 761. The Balaban J connectivity index is 1.59. The van der Waals surface area contributed by atoms with Gasteiger partial charge in [0, 0.05) is 18.4 Å². The van der Waals surface area contributed by atoms with Crippen molar-refractivity contribution in [2.24, 2.45) is 46.3 Å². The molecule has 0 unspecified atom stereocenters. The van der Waals surface area contributed by atoms with E-state index in [1.807, 2.05) is 6.08 Å². The summed E-state index contributed by atoms with van der Waals surface area (Å²) in [5, 5.41) is 42.4. The second-order valence-electron chi connectivity index (χ2n) is 12.4. The Morgan fingerprint density at radius 2 is 1.72 bits per heavy atom. The lowest BCUT2D eigenvalue weighted by atomic mass is 9.45. The van der Waals surface area contributed by atoms with E-state index < -0.39 is 17.8 Å². The van der Waals surface area contributed by atoms with Gasteiger partial charge in [0.25, 0.3) is 0 Å². The molecule has 32 heavy (non-hydrogen) atoms.